The number of carbonyl (C=O) groups is 2. The Morgan fingerprint density at radius 3 is 2.43 bits per heavy atom. The zero-order chi connectivity index (χ0) is 19.9. The van der Waals surface area contributed by atoms with Crippen molar-refractivity contribution in [3.05, 3.63) is 59.7 Å². The molecule has 2 amide bonds. The Labute approximate surface area is 165 Å². The van der Waals surface area contributed by atoms with E-state index in [0.717, 1.165) is 18.4 Å². The van der Waals surface area contributed by atoms with Gasteiger partial charge in [0.15, 0.2) is 11.5 Å². The van der Waals surface area contributed by atoms with Crippen molar-refractivity contribution in [2.75, 3.05) is 20.2 Å². The Balaban J connectivity index is 1.59. The molecular formula is C22H26N2O4. The molecule has 0 saturated carbocycles. The summed E-state index contributed by atoms with van der Waals surface area (Å²) >= 11 is 0. The standard InChI is InChI=1S/C22H26N2O4/c1-16(25)24-12-10-19(11-13-24)23-22(26)18-8-9-20(21(14-18)27-2)28-15-17-6-4-3-5-7-17/h3-9,14,19H,10-13,15H2,1-2H3,(H,23,26). The number of nitrogens with zero attached hydrogens (tertiary/aromatic N) is 1. The second-order valence-electron chi connectivity index (χ2n) is 6.89. The highest BCUT2D eigenvalue weighted by Crippen LogP contribution is 2.29. The SMILES string of the molecule is COc1cc(C(=O)NC2CCN(C(C)=O)CC2)ccc1OCc1ccccc1. The zero-order valence-electron chi connectivity index (χ0n) is 16.3. The normalized spacial score (nSPS) is 14.4. The van der Waals surface area contributed by atoms with Crippen LogP contribution in [0.1, 0.15) is 35.7 Å². The third-order valence-corrected chi connectivity index (χ3v) is 4.94. The quantitative estimate of drug-likeness (QED) is 0.834. The first-order valence-corrected chi connectivity index (χ1v) is 9.48. The highest BCUT2D eigenvalue weighted by Gasteiger charge is 2.22. The minimum absolute atomic E-state index is 0.0723. The topological polar surface area (TPSA) is 67.9 Å². The number of nitrogens with one attached hydrogen (secondary N) is 1. The molecule has 6 heteroatoms. The molecule has 1 N–H and O–H groups in total. The summed E-state index contributed by atoms with van der Waals surface area (Å²) in [4.78, 5) is 25.8. The molecule has 2 aromatic carbocycles. The molecule has 148 valence electrons. The molecule has 3 rings (SSSR count). The van der Waals surface area contributed by atoms with Gasteiger partial charge in [0.1, 0.15) is 6.61 Å². The fourth-order valence-electron chi connectivity index (χ4n) is 3.27. The Hall–Kier alpha value is -3.02. The number of likely N-dealkylation sites (tertiary alicyclic amines) is 1. The third kappa shape index (κ3) is 5.03. The Kier molecular flexibility index (Phi) is 6.53. The van der Waals surface area contributed by atoms with Gasteiger partial charge < -0.3 is 19.7 Å². The number of amides is 2. The van der Waals surface area contributed by atoms with E-state index in [1.807, 2.05) is 35.2 Å². The monoisotopic (exact) mass is 382 g/mol. The first kappa shape index (κ1) is 19.7. The van der Waals surface area contributed by atoms with Crippen molar-refractivity contribution in [1.82, 2.24) is 10.2 Å². The van der Waals surface area contributed by atoms with E-state index in [1.165, 1.54) is 0 Å². The minimum Gasteiger partial charge on any atom is -0.493 e. The summed E-state index contributed by atoms with van der Waals surface area (Å²) in [6.45, 7) is 3.36. The van der Waals surface area contributed by atoms with Crippen LogP contribution in [0.5, 0.6) is 11.5 Å². The van der Waals surface area contributed by atoms with Crippen LogP contribution in [0.3, 0.4) is 0 Å². The first-order valence-electron chi connectivity index (χ1n) is 9.48. The summed E-state index contributed by atoms with van der Waals surface area (Å²) in [5.41, 5.74) is 1.58. The average molecular weight is 382 g/mol. The summed E-state index contributed by atoms with van der Waals surface area (Å²) in [6, 6.07) is 15.1. The van der Waals surface area contributed by atoms with Gasteiger partial charge in [-0.1, -0.05) is 30.3 Å². The zero-order valence-corrected chi connectivity index (χ0v) is 16.3. The number of hydrogen-bond donors (Lipinski definition) is 1. The van der Waals surface area contributed by atoms with Crippen LogP contribution in [0.25, 0.3) is 0 Å². The lowest BCUT2D eigenvalue weighted by atomic mass is 10.0. The molecule has 0 unspecified atom stereocenters. The van der Waals surface area contributed by atoms with Gasteiger partial charge in [-0.3, -0.25) is 9.59 Å². The highest BCUT2D eigenvalue weighted by molar-refractivity contribution is 5.95. The molecule has 6 nitrogen and oxygen atoms in total. The van der Waals surface area contributed by atoms with Crippen LogP contribution in [-0.2, 0) is 11.4 Å². The third-order valence-electron chi connectivity index (χ3n) is 4.94. The highest BCUT2D eigenvalue weighted by atomic mass is 16.5. The van der Waals surface area contributed by atoms with Crippen molar-refractivity contribution < 1.29 is 19.1 Å². The maximum atomic E-state index is 12.6. The van der Waals surface area contributed by atoms with E-state index in [0.29, 0.717) is 36.8 Å². The average Bonchev–Trinajstić information content (AvgIpc) is 2.73. The fraction of sp³-hybridized carbons (Fsp3) is 0.364. The van der Waals surface area contributed by atoms with Crippen molar-refractivity contribution in [3.8, 4) is 11.5 Å². The van der Waals surface area contributed by atoms with Gasteiger partial charge in [-0.25, -0.2) is 0 Å². The largest absolute Gasteiger partial charge is 0.493 e. The summed E-state index contributed by atoms with van der Waals surface area (Å²) in [5.74, 6) is 1.06. The number of methoxy groups -OCH3 is 1. The van der Waals surface area contributed by atoms with E-state index in [2.05, 4.69) is 5.32 Å². The van der Waals surface area contributed by atoms with Crippen molar-refractivity contribution in [3.63, 3.8) is 0 Å². The van der Waals surface area contributed by atoms with Gasteiger partial charge in [-0.15, -0.1) is 0 Å². The van der Waals surface area contributed by atoms with Crippen molar-refractivity contribution in [2.24, 2.45) is 0 Å². The van der Waals surface area contributed by atoms with Crippen molar-refractivity contribution >= 4 is 11.8 Å². The van der Waals surface area contributed by atoms with Crippen LogP contribution in [-0.4, -0.2) is 43.0 Å². The molecule has 1 fully saturated rings. The molecule has 0 spiro atoms. The number of rotatable bonds is 6. The maximum Gasteiger partial charge on any atom is 0.251 e. The lowest BCUT2D eigenvalue weighted by Crippen LogP contribution is -2.46. The fourth-order valence-corrected chi connectivity index (χ4v) is 3.27. The maximum absolute atomic E-state index is 12.6. The Morgan fingerprint density at radius 2 is 1.79 bits per heavy atom. The van der Waals surface area contributed by atoms with Gasteiger partial charge in [0.25, 0.3) is 5.91 Å². The van der Waals surface area contributed by atoms with Gasteiger partial charge in [0, 0.05) is 31.6 Å². The molecule has 0 aromatic heterocycles. The second-order valence-corrected chi connectivity index (χ2v) is 6.89. The summed E-state index contributed by atoms with van der Waals surface area (Å²) < 4.78 is 11.2. The van der Waals surface area contributed by atoms with Crippen molar-refractivity contribution in [1.29, 1.82) is 0 Å². The van der Waals surface area contributed by atoms with E-state index in [-0.39, 0.29) is 17.9 Å². The first-order chi connectivity index (χ1) is 13.6. The van der Waals surface area contributed by atoms with Gasteiger partial charge in [0.2, 0.25) is 5.91 Å². The molecule has 28 heavy (non-hydrogen) atoms. The van der Waals surface area contributed by atoms with Crippen LogP contribution in [0.15, 0.2) is 48.5 Å². The summed E-state index contributed by atoms with van der Waals surface area (Å²) in [7, 11) is 1.56. The molecule has 0 bridgehead atoms. The van der Waals surface area contributed by atoms with E-state index in [4.69, 9.17) is 9.47 Å². The van der Waals surface area contributed by atoms with E-state index < -0.39 is 0 Å². The van der Waals surface area contributed by atoms with Gasteiger partial charge >= 0.3 is 0 Å². The molecule has 1 aliphatic rings. The minimum atomic E-state index is -0.144. The van der Waals surface area contributed by atoms with E-state index in [9.17, 15) is 9.59 Å². The number of carbonyl (C=O) groups excluding carboxylic acids is 2. The number of hydrogen-bond acceptors (Lipinski definition) is 4. The predicted octanol–water partition coefficient (Wildman–Crippen LogP) is 3.01. The molecular weight excluding hydrogens is 356 g/mol. The summed E-state index contributed by atoms with van der Waals surface area (Å²) in [5, 5.41) is 3.05. The van der Waals surface area contributed by atoms with Crippen LogP contribution in [0, 0.1) is 0 Å². The second kappa shape index (κ2) is 9.26. The molecule has 1 heterocycles. The molecule has 2 aromatic rings. The number of piperidine rings is 1. The molecule has 1 saturated heterocycles. The van der Waals surface area contributed by atoms with Crippen LogP contribution in [0.4, 0.5) is 0 Å². The Bertz CT molecular complexity index is 815. The van der Waals surface area contributed by atoms with Crippen LogP contribution in [0.2, 0.25) is 0 Å². The molecule has 0 aliphatic carbocycles. The van der Waals surface area contributed by atoms with E-state index in [1.54, 1.807) is 32.2 Å². The van der Waals surface area contributed by atoms with Gasteiger partial charge in [-0.2, -0.15) is 0 Å². The summed E-state index contributed by atoms with van der Waals surface area (Å²) in [6.07, 6.45) is 1.53. The van der Waals surface area contributed by atoms with E-state index >= 15 is 0 Å². The smallest absolute Gasteiger partial charge is 0.251 e. The lowest BCUT2D eigenvalue weighted by Gasteiger charge is -2.31. The van der Waals surface area contributed by atoms with Crippen molar-refractivity contribution in [2.45, 2.75) is 32.4 Å². The molecule has 0 radical (unpaired) electrons. The lowest BCUT2D eigenvalue weighted by molar-refractivity contribution is -0.129. The van der Waals surface area contributed by atoms with Gasteiger partial charge in [-0.05, 0) is 36.6 Å². The predicted molar refractivity (Wildman–Crippen MR) is 107 cm³/mol. The van der Waals surface area contributed by atoms with Gasteiger partial charge in [0.05, 0.1) is 7.11 Å². The van der Waals surface area contributed by atoms with Crippen LogP contribution >= 0.6 is 0 Å². The van der Waals surface area contributed by atoms with Crippen LogP contribution < -0.4 is 14.8 Å². The molecule has 0 atom stereocenters. The Morgan fingerprint density at radius 1 is 1.07 bits per heavy atom. The molecule has 1 aliphatic heterocycles. The number of ether oxygens (including phenoxy) is 2. The number of benzene rings is 2.